The predicted molar refractivity (Wildman–Crippen MR) is 165 cm³/mol. The number of pyridine rings is 1. The third-order valence-electron chi connectivity index (χ3n) is 9.37. The van der Waals surface area contributed by atoms with E-state index in [1.807, 2.05) is 6.07 Å². The molecule has 0 aromatic carbocycles. The molecule has 10 nitrogen and oxygen atoms in total. The van der Waals surface area contributed by atoms with E-state index in [1.54, 1.807) is 16.9 Å². The van der Waals surface area contributed by atoms with E-state index < -0.39 is 18.0 Å². The lowest BCUT2D eigenvalue weighted by atomic mass is 9.85. The lowest BCUT2D eigenvalue weighted by Crippen LogP contribution is -2.33. The van der Waals surface area contributed by atoms with Crippen LogP contribution < -0.4 is 16.0 Å². The van der Waals surface area contributed by atoms with Gasteiger partial charge in [-0.25, -0.2) is 18.7 Å². The number of oxazole rings is 1. The zero-order chi connectivity index (χ0) is 30.5. The number of aromatic nitrogens is 4. The number of nitrogens with one attached hydrogen (secondary N) is 3. The Morgan fingerprint density at radius 3 is 2.64 bits per heavy atom. The van der Waals surface area contributed by atoms with Crippen LogP contribution in [0.4, 0.5) is 20.3 Å². The maximum Gasteiger partial charge on any atom is 0.284 e. The van der Waals surface area contributed by atoms with Gasteiger partial charge in [-0.05, 0) is 114 Å². The minimum Gasteiger partial charge on any atom is -0.444 e. The van der Waals surface area contributed by atoms with Gasteiger partial charge in [0.05, 0.1) is 11.7 Å². The molecule has 44 heavy (non-hydrogen) atoms. The number of nitrogens with zero attached hydrogens (tertiary/aromatic N) is 5. The molecule has 4 heterocycles. The highest BCUT2D eigenvalue weighted by Gasteiger charge is 2.28. The highest BCUT2D eigenvalue weighted by molar-refractivity contribution is 6.03. The molecule has 0 unspecified atom stereocenters. The lowest BCUT2D eigenvalue weighted by molar-refractivity contribution is 0.102. The monoisotopic (exact) mass is 610 g/mol. The fourth-order valence-electron chi connectivity index (χ4n) is 6.48. The molecule has 0 bridgehead atoms. The Balaban J connectivity index is 1.02. The number of hydrogen-bond acceptors (Lipinski definition) is 8. The highest BCUT2D eigenvalue weighted by atomic mass is 19.3. The summed E-state index contributed by atoms with van der Waals surface area (Å²) < 4.78 is 35.1. The van der Waals surface area contributed by atoms with E-state index in [0.29, 0.717) is 23.2 Å². The summed E-state index contributed by atoms with van der Waals surface area (Å²) in [6.45, 7) is 5.33. The van der Waals surface area contributed by atoms with Crippen molar-refractivity contribution in [1.82, 2.24) is 30.0 Å². The highest BCUT2D eigenvalue weighted by Crippen LogP contribution is 2.35. The van der Waals surface area contributed by atoms with Crippen LogP contribution in [0.15, 0.2) is 35.2 Å². The van der Waals surface area contributed by atoms with E-state index in [0.717, 1.165) is 64.3 Å². The molecule has 1 amide bonds. The van der Waals surface area contributed by atoms with Gasteiger partial charge in [-0.2, -0.15) is 5.10 Å². The fourth-order valence-corrected chi connectivity index (χ4v) is 6.48. The summed E-state index contributed by atoms with van der Waals surface area (Å²) in [7, 11) is 2.21. The summed E-state index contributed by atoms with van der Waals surface area (Å²) in [5.74, 6) is 2.46. The first-order valence-corrected chi connectivity index (χ1v) is 16.1. The summed E-state index contributed by atoms with van der Waals surface area (Å²) in [5.41, 5.74) is 0.246. The average Bonchev–Trinajstić information content (AvgIpc) is 3.56. The number of amides is 1. The van der Waals surface area contributed by atoms with Crippen molar-refractivity contribution in [2.45, 2.75) is 70.3 Å². The molecule has 3 aliphatic rings. The molecular formula is C32H44F2N8O2. The molecule has 1 saturated heterocycles. The van der Waals surface area contributed by atoms with Gasteiger partial charge in [0, 0.05) is 31.0 Å². The maximum absolute atomic E-state index is 14.0. The van der Waals surface area contributed by atoms with Gasteiger partial charge in [-0.3, -0.25) is 9.48 Å². The summed E-state index contributed by atoms with van der Waals surface area (Å²) in [6, 6.07) is 3.59. The van der Waals surface area contributed by atoms with Gasteiger partial charge in [0.25, 0.3) is 12.3 Å². The normalized spacial score (nSPS) is 21.2. The SMILES string of the molecule is CN(CCC1CCNCC1)C[C@H]1CC[C@H](n2cc(NC(=O)c3coc(-c4ccnc(NCC5CC5)c4)n3)c(C(F)F)n2)CC1. The van der Waals surface area contributed by atoms with E-state index in [2.05, 4.69) is 43.0 Å². The first kappa shape index (κ1) is 30.6. The molecule has 238 valence electrons. The van der Waals surface area contributed by atoms with E-state index in [-0.39, 0.29) is 23.3 Å². The van der Waals surface area contributed by atoms with Gasteiger partial charge in [0.2, 0.25) is 5.89 Å². The number of anilines is 2. The molecule has 0 atom stereocenters. The second-order valence-electron chi connectivity index (χ2n) is 12.9. The van der Waals surface area contributed by atoms with E-state index >= 15 is 0 Å². The number of piperidine rings is 1. The van der Waals surface area contributed by atoms with Crippen LogP contribution in [0.5, 0.6) is 0 Å². The second-order valence-corrected chi connectivity index (χ2v) is 12.9. The van der Waals surface area contributed by atoms with Crippen molar-refractivity contribution in [1.29, 1.82) is 0 Å². The predicted octanol–water partition coefficient (Wildman–Crippen LogP) is 6.00. The molecule has 2 saturated carbocycles. The van der Waals surface area contributed by atoms with Crippen LogP contribution in [0, 0.1) is 17.8 Å². The van der Waals surface area contributed by atoms with E-state index in [4.69, 9.17) is 4.42 Å². The number of carbonyl (C=O) groups excluding carboxylic acids is 1. The van der Waals surface area contributed by atoms with Crippen LogP contribution in [-0.4, -0.2) is 70.3 Å². The Morgan fingerprint density at radius 2 is 1.89 bits per heavy atom. The van der Waals surface area contributed by atoms with Crippen LogP contribution in [0.1, 0.15) is 86.4 Å². The molecule has 6 rings (SSSR count). The minimum absolute atomic E-state index is 0.00190. The number of alkyl halides is 2. The Hall–Kier alpha value is -3.38. The van der Waals surface area contributed by atoms with Crippen LogP contribution in [0.25, 0.3) is 11.5 Å². The van der Waals surface area contributed by atoms with Crippen molar-refractivity contribution in [2.75, 3.05) is 50.4 Å². The van der Waals surface area contributed by atoms with Gasteiger partial charge in [-0.15, -0.1) is 0 Å². The lowest BCUT2D eigenvalue weighted by Gasteiger charge is -2.32. The molecule has 3 aromatic rings. The van der Waals surface area contributed by atoms with Crippen LogP contribution in [0.3, 0.4) is 0 Å². The van der Waals surface area contributed by atoms with Crippen LogP contribution in [0.2, 0.25) is 0 Å². The number of hydrogen-bond donors (Lipinski definition) is 3. The maximum atomic E-state index is 14.0. The minimum atomic E-state index is -2.82. The molecule has 0 radical (unpaired) electrons. The largest absolute Gasteiger partial charge is 0.444 e. The molecule has 0 spiro atoms. The van der Waals surface area contributed by atoms with Gasteiger partial charge >= 0.3 is 0 Å². The van der Waals surface area contributed by atoms with Crippen LogP contribution in [-0.2, 0) is 0 Å². The van der Waals surface area contributed by atoms with Gasteiger partial charge in [-0.1, -0.05) is 0 Å². The first-order chi connectivity index (χ1) is 21.4. The Bertz CT molecular complexity index is 1380. The fraction of sp³-hybridized carbons (Fsp3) is 0.625. The quantitative estimate of drug-likeness (QED) is 0.216. The smallest absolute Gasteiger partial charge is 0.284 e. The number of halogens is 2. The molecule has 3 aromatic heterocycles. The van der Waals surface area contributed by atoms with Crippen molar-refractivity contribution in [3.05, 3.63) is 42.2 Å². The van der Waals surface area contributed by atoms with Crippen molar-refractivity contribution >= 4 is 17.4 Å². The second kappa shape index (κ2) is 14.2. The molecular weight excluding hydrogens is 566 g/mol. The van der Waals surface area contributed by atoms with E-state index in [9.17, 15) is 13.6 Å². The zero-order valence-electron chi connectivity index (χ0n) is 25.5. The standard InChI is InChI=1S/C32H44F2N8O2/c1-41(15-11-21-8-12-35-13-9-21)18-23-4-6-25(7-5-23)42-19-26(29(40-42)30(33)34)38-31(43)27-20-44-32(39-27)24-10-14-36-28(16-24)37-17-22-2-3-22/h10,14,16,19-23,25,30,35H,2-9,11-13,15,17-18H2,1H3,(H,36,37)(H,38,43)/t23-,25-. The number of carbonyl (C=O) groups is 1. The summed E-state index contributed by atoms with van der Waals surface area (Å²) in [6.07, 6.45) is 11.7. The molecule has 2 aliphatic carbocycles. The molecule has 12 heteroatoms. The first-order valence-electron chi connectivity index (χ1n) is 16.1. The summed E-state index contributed by atoms with van der Waals surface area (Å²) in [5, 5.41) is 13.6. The summed E-state index contributed by atoms with van der Waals surface area (Å²) >= 11 is 0. The molecule has 1 aliphatic heterocycles. The zero-order valence-corrected chi connectivity index (χ0v) is 25.5. The van der Waals surface area contributed by atoms with Crippen LogP contribution >= 0.6 is 0 Å². The third kappa shape index (κ3) is 8.01. The molecule has 3 N–H and O–H groups in total. The van der Waals surface area contributed by atoms with Crippen molar-refractivity contribution in [3.63, 3.8) is 0 Å². The van der Waals surface area contributed by atoms with Gasteiger partial charge in [0.15, 0.2) is 11.4 Å². The van der Waals surface area contributed by atoms with Crippen molar-refractivity contribution < 1.29 is 18.0 Å². The number of rotatable bonds is 13. The average molecular weight is 611 g/mol. The molecule has 3 fully saturated rings. The Morgan fingerprint density at radius 1 is 1.11 bits per heavy atom. The van der Waals surface area contributed by atoms with Crippen molar-refractivity contribution in [2.24, 2.45) is 17.8 Å². The Labute approximate surface area is 257 Å². The third-order valence-corrected chi connectivity index (χ3v) is 9.37. The van der Waals surface area contributed by atoms with Gasteiger partial charge in [0.1, 0.15) is 12.1 Å². The van der Waals surface area contributed by atoms with Gasteiger partial charge < -0.3 is 25.3 Å². The van der Waals surface area contributed by atoms with Crippen molar-refractivity contribution in [3.8, 4) is 11.5 Å². The Kier molecular flexibility index (Phi) is 9.85. The topological polar surface area (TPSA) is 113 Å². The summed E-state index contributed by atoms with van der Waals surface area (Å²) in [4.78, 5) is 24.1. The van der Waals surface area contributed by atoms with E-state index in [1.165, 1.54) is 44.6 Å².